The van der Waals surface area contributed by atoms with Crippen molar-refractivity contribution in [3.63, 3.8) is 0 Å². The maximum absolute atomic E-state index is 9.02. The normalized spacial score (nSPS) is 11.3. The molecule has 0 saturated heterocycles. The third kappa shape index (κ3) is 15.7. The first kappa shape index (κ1) is 50.4. The summed E-state index contributed by atoms with van der Waals surface area (Å²) >= 11 is 0. The monoisotopic (exact) mass is 758 g/mol. The fourth-order valence-electron chi connectivity index (χ4n) is 7.07. The Labute approximate surface area is 347 Å². The zero-order valence-corrected chi connectivity index (χ0v) is 39.8. The van der Waals surface area contributed by atoms with E-state index < -0.39 is 0 Å². The molecule has 0 saturated carbocycles. The molecule has 0 radical (unpaired) electrons. The zero-order valence-electron chi connectivity index (χ0n) is 39.8. The van der Waals surface area contributed by atoms with Crippen LogP contribution in [0.3, 0.4) is 0 Å². The fraction of sp³-hybridized carbons (Fsp3) is 0.545. The Kier molecular flexibility index (Phi) is 21.8. The highest BCUT2D eigenvalue weighted by Gasteiger charge is 2.12. The molecule has 0 atom stereocenters. The summed E-state index contributed by atoms with van der Waals surface area (Å²) in [4.78, 5) is 0. The molecule has 0 unspecified atom stereocenters. The van der Waals surface area contributed by atoms with Crippen molar-refractivity contribution in [2.45, 2.75) is 198 Å². The van der Waals surface area contributed by atoms with Gasteiger partial charge in [0.25, 0.3) is 0 Å². The smallest absolute Gasteiger partial charge is 0.0994 e. The number of benzene rings is 4. The Morgan fingerprint density at radius 2 is 0.714 bits per heavy atom. The van der Waals surface area contributed by atoms with Gasteiger partial charge in [-0.2, -0.15) is 5.26 Å². The Hall–Kier alpha value is -3.63. The molecule has 308 valence electrons. The molecule has 0 aliphatic carbocycles. The lowest BCUT2D eigenvalue weighted by atomic mass is 9.87. The summed E-state index contributed by atoms with van der Waals surface area (Å²) in [5.41, 5.74) is 16.6. The van der Waals surface area contributed by atoms with Crippen LogP contribution in [0.25, 0.3) is 0 Å². The average Bonchev–Trinajstić information content (AvgIpc) is 3.14. The third-order valence-electron chi connectivity index (χ3n) is 10.9. The van der Waals surface area contributed by atoms with E-state index >= 15 is 0 Å². The van der Waals surface area contributed by atoms with E-state index in [1.165, 1.54) is 55.6 Å². The molecule has 0 spiro atoms. The number of hydrogen-bond acceptors (Lipinski definition) is 1. The number of nitriles is 1. The van der Waals surface area contributed by atoms with Gasteiger partial charge in [-0.15, -0.1) is 0 Å². The van der Waals surface area contributed by atoms with Gasteiger partial charge in [-0.1, -0.05) is 198 Å². The van der Waals surface area contributed by atoms with Crippen molar-refractivity contribution in [1.82, 2.24) is 0 Å². The van der Waals surface area contributed by atoms with Crippen molar-refractivity contribution in [1.29, 1.82) is 5.26 Å². The molecule has 0 fully saturated rings. The second kappa shape index (κ2) is 24.2. The fourth-order valence-corrected chi connectivity index (χ4v) is 7.07. The first-order chi connectivity index (χ1) is 26.1. The summed E-state index contributed by atoms with van der Waals surface area (Å²) < 4.78 is 0. The summed E-state index contributed by atoms with van der Waals surface area (Å²) in [5.74, 6) is 5.36. The van der Waals surface area contributed by atoms with E-state index in [4.69, 9.17) is 5.26 Å². The molecule has 1 heteroatoms. The minimum absolute atomic E-state index is 0.422. The minimum atomic E-state index is 0.422. The van der Waals surface area contributed by atoms with Crippen LogP contribution < -0.4 is 0 Å². The molecule has 0 heterocycles. The predicted molar refractivity (Wildman–Crippen MR) is 251 cm³/mol. The largest absolute Gasteiger partial charge is 0.192 e. The number of nitrogens with zero attached hydrogens (tertiary/aromatic N) is 1. The molecule has 0 aliphatic heterocycles. The molecule has 4 aromatic carbocycles. The lowest BCUT2D eigenvalue weighted by molar-refractivity contribution is 0.778. The quantitative estimate of drug-likeness (QED) is 0.158. The van der Waals surface area contributed by atoms with Crippen LogP contribution in [0, 0.1) is 18.3 Å². The Morgan fingerprint density at radius 1 is 0.375 bits per heavy atom. The summed E-state index contributed by atoms with van der Waals surface area (Å²) in [5, 5.41) is 9.02. The van der Waals surface area contributed by atoms with Gasteiger partial charge in [-0.05, 0) is 134 Å². The van der Waals surface area contributed by atoms with E-state index in [2.05, 4.69) is 211 Å². The van der Waals surface area contributed by atoms with Crippen LogP contribution in [0.15, 0.2) is 72.8 Å². The molecule has 4 rings (SSSR count). The van der Waals surface area contributed by atoms with Crippen molar-refractivity contribution >= 4 is 0 Å². The molecule has 4 aromatic rings. The number of rotatable bonds is 10. The van der Waals surface area contributed by atoms with Crippen LogP contribution in [0.1, 0.15) is 252 Å². The Bertz CT molecular complexity index is 1780. The van der Waals surface area contributed by atoms with E-state index in [1.807, 2.05) is 6.07 Å². The van der Waals surface area contributed by atoms with Crippen LogP contribution >= 0.6 is 0 Å². The van der Waals surface area contributed by atoms with E-state index in [0.717, 1.165) is 17.5 Å². The van der Waals surface area contributed by atoms with E-state index in [-0.39, 0.29) is 0 Å². The molecule has 0 aromatic heterocycles. The van der Waals surface area contributed by atoms with Gasteiger partial charge in [0.2, 0.25) is 0 Å². The summed E-state index contributed by atoms with van der Waals surface area (Å²) in [6, 6.07) is 29.3. The summed E-state index contributed by atoms with van der Waals surface area (Å²) in [6.07, 6.45) is 1.15. The average molecular weight is 758 g/mol. The summed E-state index contributed by atoms with van der Waals surface area (Å²) in [6.45, 7) is 44.6. The first-order valence-corrected chi connectivity index (χ1v) is 22.0. The van der Waals surface area contributed by atoms with E-state index in [1.54, 1.807) is 0 Å². The third-order valence-corrected chi connectivity index (χ3v) is 10.9. The topological polar surface area (TPSA) is 23.8 Å². The standard InChI is InChI=1S/C15H24.C14H22.C13H17N.C13H20/c1-10(2)13-7-8-14(11(3)4)15(9-13)12(5)6;1-6-12-9-13(10(2)3)7-8-14(12)11(4)5;1-9(2)11-5-6-13(10(3)4)12(7-11)8-14;1-9(2)12-6-7-13(10(3)4)11(5)8-12/h7-12H,1-6H3;7-11H,6H2,1-5H3;5-7,9-10H,1-4H3;6-10H,1-5H3. The van der Waals surface area contributed by atoms with Gasteiger partial charge in [-0.25, -0.2) is 0 Å². The minimum Gasteiger partial charge on any atom is -0.192 e. The van der Waals surface area contributed by atoms with Gasteiger partial charge in [0, 0.05) is 0 Å². The Balaban J connectivity index is 0.000000374. The molecular weight excluding hydrogens is 675 g/mol. The predicted octanol–water partition coefficient (Wildman–Crippen LogP) is 17.6. The molecule has 56 heavy (non-hydrogen) atoms. The maximum Gasteiger partial charge on any atom is 0.0994 e. The van der Waals surface area contributed by atoms with Crippen molar-refractivity contribution in [2.75, 3.05) is 0 Å². The number of hydrogen-bond donors (Lipinski definition) is 0. The van der Waals surface area contributed by atoms with Crippen molar-refractivity contribution in [2.24, 2.45) is 0 Å². The van der Waals surface area contributed by atoms with Crippen LogP contribution in [0.2, 0.25) is 0 Å². The second-order valence-corrected chi connectivity index (χ2v) is 18.7. The van der Waals surface area contributed by atoms with Gasteiger partial charge in [0.05, 0.1) is 11.6 Å². The highest BCUT2D eigenvalue weighted by molar-refractivity contribution is 5.43. The van der Waals surface area contributed by atoms with Gasteiger partial charge in [-0.3, -0.25) is 0 Å². The van der Waals surface area contributed by atoms with Crippen LogP contribution in [-0.2, 0) is 6.42 Å². The highest BCUT2D eigenvalue weighted by atomic mass is 14.3. The zero-order chi connectivity index (χ0) is 43.0. The molecule has 0 amide bonds. The highest BCUT2D eigenvalue weighted by Crippen LogP contribution is 2.30. The molecule has 0 bridgehead atoms. The maximum atomic E-state index is 9.02. The molecule has 0 N–H and O–H groups in total. The number of aryl methyl sites for hydroxylation is 2. The van der Waals surface area contributed by atoms with Gasteiger partial charge >= 0.3 is 0 Å². The van der Waals surface area contributed by atoms with E-state index in [9.17, 15) is 0 Å². The van der Waals surface area contributed by atoms with Crippen molar-refractivity contribution < 1.29 is 0 Å². The van der Waals surface area contributed by atoms with Gasteiger partial charge in [0.1, 0.15) is 0 Å². The van der Waals surface area contributed by atoms with Gasteiger partial charge < -0.3 is 0 Å². The van der Waals surface area contributed by atoms with Gasteiger partial charge in [0.15, 0.2) is 0 Å². The first-order valence-electron chi connectivity index (χ1n) is 22.0. The molecular formula is C55H83N. The van der Waals surface area contributed by atoms with Crippen LogP contribution in [-0.4, -0.2) is 0 Å². The van der Waals surface area contributed by atoms with E-state index in [0.29, 0.717) is 53.3 Å². The summed E-state index contributed by atoms with van der Waals surface area (Å²) in [7, 11) is 0. The van der Waals surface area contributed by atoms with Crippen LogP contribution in [0.5, 0.6) is 0 Å². The van der Waals surface area contributed by atoms with Crippen molar-refractivity contribution in [3.8, 4) is 6.07 Å². The SMILES string of the molecule is CC(C)c1ccc(C(C)C)c(C#N)c1.CC(C)c1ccc(C(C)C)c(C(C)C)c1.CCc1cc(C(C)C)ccc1C(C)C.Cc1cc(C(C)C)ccc1C(C)C. The second-order valence-electron chi connectivity index (χ2n) is 18.7. The lowest BCUT2D eigenvalue weighted by Crippen LogP contribution is -2.00. The molecule has 0 aliphatic rings. The Morgan fingerprint density at radius 3 is 1.07 bits per heavy atom. The molecule has 1 nitrogen and oxygen atoms in total. The van der Waals surface area contributed by atoms with Crippen molar-refractivity contribution in [3.05, 3.63) is 140 Å². The van der Waals surface area contributed by atoms with Crippen LogP contribution in [0.4, 0.5) is 0 Å². The lowest BCUT2D eigenvalue weighted by Gasteiger charge is -2.18.